The van der Waals surface area contributed by atoms with Crippen molar-refractivity contribution in [3.8, 4) is 0 Å². The van der Waals surface area contributed by atoms with Gasteiger partial charge in [0.15, 0.2) is 0 Å². The molecule has 0 radical (unpaired) electrons. The van der Waals surface area contributed by atoms with Crippen LogP contribution >= 0.6 is 0 Å². The van der Waals surface area contributed by atoms with Crippen LogP contribution in [0.25, 0.3) is 0 Å². The lowest BCUT2D eigenvalue weighted by atomic mass is 9.94. The Labute approximate surface area is 219 Å². The zero-order chi connectivity index (χ0) is 26.2. The molecular formula is C32H37FN2O2. The average molecular weight is 501 g/mol. The van der Waals surface area contributed by atoms with Gasteiger partial charge in [0.25, 0.3) is 0 Å². The van der Waals surface area contributed by atoms with Crippen molar-refractivity contribution in [2.24, 2.45) is 0 Å². The molecule has 0 saturated heterocycles. The molecule has 1 fully saturated rings. The Bertz CT molecular complexity index is 1190. The Morgan fingerprint density at radius 3 is 2.22 bits per heavy atom. The van der Waals surface area contributed by atoms with Crippen LogP contribution in [0.15, 0.2) is 72.8 Å². The normalized spacial score (nSPS) is 14.7. The molecule has 37 heavy (non-hydrogen) atoms. The van der Waals surface area contributed by atoms with Crippen molar-refractivity contribution < 1.29 is 14.0 Å². The second-order valence-electron chi connectivity index (χ2n) is 10.3. The van der Waals surface area contributed by atoms with Crippen LogP contribution in [0, 0.1) is 19.7 Å². The summed E-state index contributed by atoms with van der Waals surface area (Å²) < 4.78 is 13.6. The molecule has 1 saturated carbocycles. The molecule has 1 atom stereocenters. The third kappa shape index (κ3) is 7.51. The summed E-state index contributed by atoms with van der Waals surface area (Å²) >= 11 is 0. The molecule has 4 nitrogen and oxygen atoms in total. The van der Waals surface area contributed by atoms with Crippen LogP contribution in [-0.4, -0.2) is 28.8 Å². The van der Waals surface area contributed by atoms with Gasteiger partial charge in [-0.15, -0.1) is 0 Å². The first kappa shape index (κ1) is 26.6. The molecule has 5 heteroatoms. The van der Waals surface area contributed by atoms with Gasteiger partial charge in [0.05, 0.1) is 6.42 Å². The zero-order valence-electron chi connectivity index (χ0n) is 21.9. The van der Waals surface area contributed by atoms with Gasteiger partial charge in [-0.2, -0.15) is 0 Å². The van der Waals surface area contributed by atoms with E-state index in [0.29, 0.717) is 6.42 Å². The summed E-state index contributed by atoms with van der Waals surface area (Å²) in [5, 5.41) is 3.26. The van der Waals surface area contributed by atoms with Crippen molar-refractivity contribution in [1.29, 1.82) is 0 Å². The largest absolute Gasteiger partial charge is 0.352 e. The topological polar surface area (TPSA) is 49.4 Å². The number of hydrogen-bond acceptors (Lipinski definition) is 2. The van der Waals surface area contributed by atoms with Crippen LogP contribution in [0.3, 0.4) is 0 Å². The summed E-state index contributed by atoms with van der Waals surface area (Å²) in [5.41, 5.74) is 5.01. The van der Waals surface area contributed by atoms with E-state index in [0.717, 1.165) is 47.9 Å². The third-order valence-electron chi connectivity index (χ3n) is 7.42. The summed E-state index contributed by atoms with van der Waals surface area (Å²) in [4.78, 5) is 29.4. The van der Waals surface area contributed by atoms with Crippen LogP contribution < -0.4 is 5.32 Å². The summed E-state index contributed by atoms with van der Waals surface area (Å²) in [6.45, 7) is 4.32. The smallest absolute Gasteiger partial charge is 0.243 e. The van der Waals surface area contributed by atoms with E-state index in [1.165, 1.54) is 24.1 Å². The van der Waals surface area contributed by atoms with Gasteiger partial charge < -0.3 is 10.2 Å². The fourth-order valence-corrected chi connectivity index (χ4v) is 5.07. The maximum Gasteiger partial charge on any atom is 0.243 e. The van der Waals surface area contributed by atoms with Gasteiger partial charge in [-0.05, 0) is 66.6 Å². The molecule has 1 aliphatic carbocycles. The van der Waals surface area contributed by atoms with Gasteiger partial charge in [-0.1, -0.05) is 79.9 Å². The Morgan fingerprint density at radius 2 is 1.54 bits per heavy atom. The highest BCUT2D eigenvalue weighted by Gasteiger charge is 2.32. The van der Waals surface area contributed by atoms with Gasteiger partial charge in [0.2, 0.25) is 11.8 Å². The summed E-state index contributed by atoms with van der Waals surface area (Å²) in [5.74, 6) is -0.564. The lowest BCUT2D eigenvalue weighted by molar-refractivity contribution is -0.141. The number of rotatable bonds is 9. The monoisotopic (exact) mass is 500 g/mol. The minimum absolute atomic E-state index is 0.118. The van der Waals surface area contributed by atoms with Crippen LogP contribution in [0.4, 0.5) is 4.39 Å². The van der Waals surface area contributed by atoms with Crippen LogP contribution in [0.2, 0.25) is 0 Å². The summed E-state index contributed by atoms with van der Waals surface area (Å²) in [6, 6.07) is 21.5. The Morgan fingerprint density at radius 1 is 0.865 bits per heavy atom. The first-order valence-electron chi connectivity index (χ1n) is 13.3. The molecule has 1 unspecified atom stereocenters. The molecule has 1 aliphatic rings. The standard InChI is InChI=1S/C32H37FN2O2/c1-23-13-14-27(19-24(23)2)21-31(36)35(22-26-15-17-28(33)18-16-26)30(20-25-9-5-3-6-10-25)32(37)34-29-11-7-4-8-12-29/h3,5-6,9-10,13-19,29-30H,4,7-8,11-12,20-22H2,1-2H3,(H,34,37). The van der Waals surface area contributed by atoms with Crippen LogP contribution in [0.5, 0.6) is 0 Å². The maximum atomic E-state index is 13.9. The number of carbonyl (C=O) groups excluding carboxylic acids is 2. The van der Waals surface area contributed by atoms with Gasteiger partial charge >= 0.3 is 0 Å². The highest BCUT2D eigenvalue weighted by atomic mass is 19.1. The summed E-state index contributed by atoms with van der Waals surface area (Å²) in [6.07, 6.45) is 5.98. The molecule has 194 valence electrons. The molecular weight excluding hydrogens is 463 g/mol. The highest BCUT2D eigenvalue weighted by molar-refractivity contribution is 5.89. The SMILES string of the molecule is Cc1ccc(CC(=O)N(Cc2ccc(F)cc2)C(Cc2ccccc2)C(=O)NC2CCCCC2)cc1C. The predicted octanol–water partition coefficient (Wildman–Crippen LogP) is 6.07. The van der Waals surface area contributed by atoms with Crippen LogP contribution in [-0.2, 0) is 29.0 Å². The van der Waals surface area contributed by atoms with Crippen molar-refractivity contribution in [3.63, 3.8) is 0 Å². The number of aryl methyl sites for hydroxylation is 2. The zero-order valence-corrected chi connectivity index (χ0v) is 21.9. The van der Waals surface area contributed by atoms with E-state index in [1.54, 1.807) is 17.0 Å². The molecule has 4 rings (SSSR count). The molecule has 1 N–H and O–H groups in total. The first-order chi connectivity index (χ1) is 17.9. The number of nitrogens with zero attached hydrogens (tertiary/aromatic N) is 1. The number of halogens is 1. The molecule has 3 aromatic rings. The maximum absolute atomic E-state index is 13.9. The second kappa shape index (κ2) is 12.7. The van der Waals surface area contributed by atoms with E-state index < -0.39 is 6.04 Å². The van der Waals surface area contributed by atoms with Crippen molar-refractivity contribution >= 4 is 11.8 Å². The molecule has 0 heterocycles. The fourth-order valence-electron chi connectivity index (χ4n) is 5.07. The molecule has 0 aliphatic heterocycles. The Hall–Kier alpha value is -3.47. The quantitative estimate of drug-likeness (QED) is 0.387. The number of carbonyl (C=O) groups is 2. The number of hydrogen-bond donors (Lipinski definition) is 1. The third-order valence-corrected chi connectivity index (χ3v) is 7.42. The minimum atomic E-state index is -0.673. The lowest BCUT2D eigenvalue weighted by Gasteiger charge is -2.33. The fraction of sp³-hybridized carbons (Fsp3) is 0.375. The first-order valence-corrected chi connectivity index (χ1v) is 13.3. The molecule has 2 amide bonds. The number of benzene rings is 3. The van der Waals surface area contributed by atoms with Gasteiger partial charge in [0.1, 0.15) is 11.9 Å². The van der Waals surface area contributed by atoms with E-state index in [2.05, 4.69) is 5.32 Å². The van der Waals surface area contributed by atoms with Crippen molar-refractivity contribution in [2.75, 3.05) is 0 Å². The van der Waals surface area contributed by atoms with Gasteiger partial charge in [-0.25, -0.2) is 4.39 Å². The predicted molar refractivity (Wildman–Crippen MR) is 146 cm³/mol. The lowest BCUT2D eigenvalue weighted by Crippen LogP contribution is -2.53. The number of amides is 2. The van der Waals surface area contributed by atoms with E-state index in [9.17, 15) is 14.0 Å². The molecule has 0 spiro atoms. The van der Waals surface area contributed by atoms with Crippen molar-refractivity contribution in [1.82, 2.24) is 10.2 Å². The van der Waals surface area contributed by atoms with Crippen molar-refractivity contribution in [2.45, 2.75) is 77.4 Å². The van der Waals surface area contributed by atoms with E-state index >= 15 is 0 Å². The Kier molecular flexibility index (Phi) is 9.10. The Balaban J connectivity index is 1.65. The van der Waals surface area contributed by atoms with Gasteiger partial charge in [-0.3, -0.25) is 9.59 Å². The van der Waals surface area contributed by atoms with Crippen molar-refractivity contribution in [3.05, 3.63) is 106 Å². The molecule has 3 aromatic carbocycles. The van der Waals surface area contributed by atoms with Gasteiger partial charge in [0, 0.05) is 19.0 Å². The second-order valence-corrected chi connectivity index (χ2v) is 10.3. The van der Waals surface area contributed by atoms with Crippen LogP contribution in [0.1, 0.15) is 59.9 Å². The highest BCUT2D eigenvalue weighted by Crippen LogP contribution is 2.21. The summed E-state index contributed by atoms with van der Waals surface area (Å²) in [7, 11) is 0. The van der Waals surface area contributed by atoms with E-state index in [4.69, 9.17) is 0 Å². The van der Waals surface area contributed by atoms with E-state index in [-0.39, 0.29) is 36.6 Å². The van der Waals surface area contributed by atoms with E-state index in [1.807, 2.05) is 62.4 Å². The number of nitrogens with one attached hydrogen (secondary N) is 1. The molecule has 0 bridgehead atoms. The average Bonchev–Trinajstić information content (AvgIpc) is 2.90. The minimum Gasteiger partial charge on any atom is -0.352 e. The molecule has 0 aromatic heterocycles.